The van der Waals surface area contributed by atoms with Crippen molar-refractivity contribution in [2.75, 3.05) is 19.6 Å². The molecule has 0 aliphatic carbocycles. The summed E-state index contributed by atoms with van der Waals surface area (Å²) in [6.07, 6.45) is 5.34. The van der Waals surface area contributed by atoms with Gasteiger partial charge >= 0.3 is 5.97 Å². The predicted molar refractivity (Wildman–Crippen MR) is 98.0 cm³/mol. The molecule has 1 aromatic rings. The van der Waals surface area contributed by atoms with Gasteiger partial charge in [-0.05, 0) is 37.7 Å². The van der Waals surface area contributed by atoms with Gasteiger partial charge in [-0.25, -0.2) is 0 Å². The zero-order valence-corrected chi connectivity index (χ0v) is 14.9. The van der Waals surface area contributed by atoms with Crippen LogP contribution < -0.4 is 5.32 Å². The normalized spacial score (nSPS) is 15.3. The van der Waals surface area contributed by atoms with E-state index in [4.69, 9.17) is 5.11 Å². The highest BCUT2D eigenvalue weighted by Crippen LogP contribution is 2.18. The standard InChI is InChI=1S/C20H25N3O3/c21-14-18(19(24)23-12-9-17(10-13-23)20(25)26)15-22-11-5-4-8-16-6-2-1-3-7-16/h1-3,6-7,15,17,22H,4-5,8-13H2,(H,25,26)/b18-15-. The molecule has 0 atom stereocenters. The summed E-state index contributed by atoms with van der Waals surface area (Å²) in [6.45, 7) is 1.46. The van der Waals surface area contributed by atoms with Gasteiger partial charge in [0.2, 0.25) is 0 Å². The Morgan fingerprint density at radius 2 is 1.92 bits per heavy atom. The van der Waals surface area contributed by atoms with Crippen LogP contribution in [0.15, 0.2) is 42.1 Å². The van der Waals surface area contributed by atoms with Gasteiger partial charge in [0.1, 0.15) is 11.6 Å². The van der Waals surface area contributed by atoms with Crippen molar-refractivity contribution in [1.82, 2.24) is 10.2 Å². The Morgan fingerprint density at radius 3 is 2.54 bits per heavy atom. The van der Waals surface area contributed by atoms with Gasteiger partial charge in [-0.15, -0.1) is 0 Å². The maximum Gasteiger partial charge on any atom is 0.306 e. The number of hydrogen-bond acceptors (Lipinski definition) is 4. The Kier molecular flexibility index (Phi) is 7.69. The first kappa shape index (κ1) is 19.5. The van der Waals surface area contributed by atoms with Crippen LogP contribution in [0, 0.1) is 17.2 Å². The summed E-state index contributed by atoms with van der Waals surface area (Å²) >= 11 is 0. The Morgan fingerprint density at radius 1 is 1.23 bits per heavy atom. The molecular weight excluding hydrogens is 330 g/mol. The number of amides is 1. The van der Waals surface area contributed by atoms with Crippen LogP contribution in [0.5, 0.6) is 0 Å². The number of benzene rings is 1. The lowest BCUT2D eigenvalue weighted by Crippen LogP contribution is -2.41. The quantitative estimate of drug-likeness (QED) is 0.424. The first-order chi connectivity index (χ1) is 12.6. The third kappa shape index (κ3) is 5.92. The highest BCUT2D eigenvalue weighted by atomic mass is 16.4. The topological polar surface area (TPSA) is 93.4 Å². The molecule has 1 aromatic carbocycles. The molecule has 1 heterocycles. The number of rotatable bonds is 8. The first-order valence-corrected chi connectivity index (χ1v) is 9.01. The molecule has 138 valence electrons. The molecule has 0 saturated carbocycles. The van der Waals surface area contributed by atoms with E-state index in [0.29, 0.717) is 32.5 Å². The van der Waals surface area contributed by atoms with Gasteiger partial charge in [0.25, 0.3) is 5.91 Å². The van der Waals surface area contributed by atoms with Crippen molar-refractivity contribution in [1.29, 1.82) is 5.26 Å². The van der Waals surface area contributed by atoms with Gasteiger partial charge in [0.05, 0.1) is 5.92 Å². The molecule has 6 nitrogen and oxygen atoms in total. The Balaban J connectivity index is 1.71. The lowest BCUT2D eigenvalue weighted by molar-refractivity contribution is -0.145. The maximum absolute atomic E-state index is 12.4. The summed E-state index contributed by atoms with van der Waals surface area (Å²) in [5, 5.41) is 21.3. The van der Waals surface area contributed by atoms with Gasteiger partial charge in [0.15, 0.2) is 0 Å². The zero-order chi connectivity index (χ0) is 18.8. The van der Waals surface area contributed by atoms with E-state index in [1.165, 1.54) is 11.8 Å². The molecular formula is C20H25N3O3. The van der Waals surface area contributed by atoms with Gasteiger partial charge in [-0.2, -0.15) is 5.26 Å². The van der Waals surface area contributed by atoms with Gasteiger partial charge in [-0.3, -0.25) is 9.59 Å². The van der Waals surface area contributed by atoms with Gasteiger partial charge < -0.3 is 15.3 Å². The van der Waals surface area contributed by atoms with E-state index >= 15 is 0 Å². The van der Waals surface area contributed by atoms with E-state index < -0.39 is 11.9 Å². The Labute approximate surface area is 154 Å². The van der Waals surface area contributed by atoms with E-state index in [9.17, 15) is 14.9 Å². The Bertz CT molecular complexity index is 671. The average Bonchev–Trinajstić information content (AvgIpc) is 2.68. The molecule has 2 rings (SSSR count). The molecule has 1 saturated heterocycles. The number of nitrogens with zero attached hydrogens (tertiary/aromatic N) is 2. The van der Waals surface area contributed by atoms with Crippen molar-refractivity contribution < 1.29 is 14.7 Å². The number of aryl methyl sites for hydroxylation is 1. The summed E-state index contributed by atoms with van der Waals surface area (Å²) in [7, 11) is 0. The lowest BCUT2D eigenvalue weighted by atomic mass is 9.97. The number of likely N-dealkylation sites (tertiary alicyclic amines) is 1. The van der Waals surface area contributed by atoms with Crippen LogP contribution in [0.1, 0.15) is 31.2 Å². The molecule has 1 fully saturated rings. The monoisotopic (exact) mass is 355 g/mol. The summed E-state index contributed by atoms with van der Waals surface area (Å²) < 4.78 is 0. The minimum atomic E-state index is -0.815. The fourth-order valence-electron chi connectivity index (χ4n) is 3.02. The summed E-state index contributed by atoms with van der Waals surface area (Å²) in [5.41, 5.74) is 1.38. The van der Waals surface area contributed by atoms with E-state index in [-0.39, 0.29) is 11.5 Å². The molecule has 1 amide bonds. The fraction of sp³-hybridized carbons (Fsp3) is 0.450. The molecule has 26 heavy (non-hydrogen) atoms. The van der Waals surface area contributed by atoms with Crippen molar-refractivity contribution in [3.63, 3.8) is 0 Å². The molecule has 0 spiro atoms. The molecule has 1 aliphatic rings. The Hall–Kier alpha value is -2.81. The number of carboxylic acids is 1. The van der Waals surface area contributed by atoms with Crippen LogP contribution in [-0.4, -0.2) is 41.5 Å². The number of aliphatic carboxylic acids is 1. The highest BCUT2D eigenvalue weighted by Gasteiger charge is 2.28. The average molecular weight is 355 g/mol. The van der Waals surface area contributed by atoms with E-state index in [2.05, 4.69) is 17.4 Å². The van der Waals surface area contributed by atoms with Gasteiger partial charge in [0, 0.05) is 25.8 Å². The molecule has 2 N–H and O–H groups in total. The summed E-state index contributed by atoms with van der Waals surface area (Å²) in [5.74, 6) is -1.53. The van der Waals surface area contributed by atoms with E-state index in [1.54, 1.807) is 4.90 Å². The van der Waals surface area contributed by atoms with E-state index in [1.807, 2.05) is 24.3 Å². The zero-order valence-electron chi connectivity index (χ0n) is 14.9. The number of piperidine rings is 1. The number of nitrogens with one attached hydrogen (secondary N) is 1. The fourth-order valence-corrected chi connectivity index (χ4v) is 3.02. The number of unbranched alkanes of at least 4 members (excludes halogenated alkanes) is 1. The van der Waals surface area contributed by atoms with Crippen LogP contribution in [0.4, 0.5) is 0 Å². The smallest absolute Gasteiger partial charge is 0.306 e. The number of carboxylic acid groups (broad SMARTS) is 1. The number of carbonyl (C=O) groups excluding carboxylic acids is 1. The predicted octanol–water partition coefficient (Wildman–Crippen LogP) is 2.33. The third-order valence-electron chi connectivity index (χ3n) is 4.61. The van der Waals surface area contributed by atoms with Crippen LogP contribution in [0.25, 0.3) is 0 Å². The molecule has 0 radical (unpaired) electrons. The van der Waals surface area contributed by atoms with Crippen molar-refractivity contribution in [3.8, 4) is 6.07 Å². The molecule has 0 aromatic heterocycles. The van der Waals surface area contributed by atoms with E-state index in [0.717, 1.165) is 19.3 Å². The van der Waals surface area contributed by atoms with Crippen LogP contribution in [-0.2, 0) is 16.0 Å². The second-order valence-corrected chi connectivity index (χ2v) is 6.47. The van der Waals surface area contributed by atoms with Crippen molar-refractivity contribution in [2.45, 2.75) is 32.1 Å². The largest absolute Gasteiger partial charge is 0.481 e. The van der Waals surface area contributed by atoms with Crippen LogP contribution >= 0.6 is 0 Å². The summed E-state index contributed by atoms with van der Waals surface area (Å²) in [6, 6.07) is 12.2. The maximum atomic E-state index is 12.4. The number of carbonyl (C=O) groups is 2. The summed E-state index contributed by atoms with van der Waals surface area (Å²) in [4.78, 5) is 24.9. The number of hydrogen-bond donors (Lipinski definition) is 2. The van der Waals surface area contributed by atoms with Crippen molar-refractivity contribution >= 4 is 11.9 Å². The van der Waals surface area contributed by atoms with Gasteiger partial charge in [-0.1, -0.05) is 30.3 Å². The third-order valence-corrected chi connectivity index (χ3v) is 4.61. The lowest BCUT2D eigenvalue weighted by Gasteiger charge is -2.29. The SMILES string of the molecule is N#C/C(=C/NCCCCc1ccccc1)C(=O)N1CCC(C(=O)O)CC1. The second kappa shape index (κ2) is 10.2. The molecule has 0 unspecified atom stereocenters. The molecule has 0 bridgehead atoms. The molecule has 6 heteroatoms. The first-order valence-electron chi connectivity index (χ1n) is 9.01. The van der Waals surface area contributed by atoms with Crippen LogP contribution in [0.2, 0.25) is 0 Å². The minimum Gasteiger partial charge on any atom is -0.481 e. The number of nitriles is 1. The van der Waals surface area contributed by atoms with Crippen molar-refractivity contribution in [3.05, 3.63) is 47.7 Å². The van der Waals surface area contributed by atoms with Crippen LogP contribution in [0.3, 0.4) is 0 Å². The highest BCUT2D eigenvalue weighted by molar-refractivity contribution is 5.97. The minimum absolute atomic E-state index is 0.0711. The second-order valence-electron chi connectivity index (χ2n) is 6.47. The van der Waals surface area contributed by atoms with Crippen molar-refractivity contribution in [2.24, 2.45) is 5.92 Å². The molecule has 1 aliphatic heterocycles.